The van der Waals surface area contributed by atoms with Crippen LogP contribution in [0.25, 0.3) is 10.8 Å². The van der Waals surface area contributed by atoms with Gasteiger partial charge in [0.15, 0.2) is 0 Å². The van der Waals surface area contributed by atoms with Crippen LogP contribution in [0.1, 0.15) is 36.9 Å². The van der Waals surface area contributed by atoms with E-state index in [0.717, 1.165) is 19.4 Å². The summed E-state index contributed by atoms with van der Waals surface area (Å²) < 4.78 is 6.06. The van der Waals surface area contributed by atoms with Crippen LogP contribution >= 0.6 is 0 Å². The van der Waals surface area contributed by atoms with Crippen molar-refractivity contribution in [1.29, 1.82) is 0 Å². The van der Waals surface area contributed by atoms with Gasteiger partial charge in [-0.05, 0) is 55.6 Å². The number of nitrogens with one attached hydrogen (secondary N) is 1. The molecule has 2 aromatic carbocycles. The van der Waals surface area contributed by atoms with Crippen molar-refractivity contribution in [3.05, 3.63) is 47.5 Å². The molecule has 0 saturated carbocycles. The summed E-state index contributed by atoms with van der Waals surface area (Å²) >= 11 is 0. The predicted molar refractivity (Wildman–Crippen MR) is 84.1 cm³/mol. The Bertz CT molecular complexity index is 614. The quantitative estimate of drug-likeness (QED) is 0.910. The molecule has 106 valence electrons. The molecule has 1 N–H and O–H groups in total. The Morgan fingerprint density at radius 2 is 1.90 bits per heavy atom. The van der Waals surface area contributed by atoms with Gasteiger partial charge in [-0.2, -0.15) is 0 Å². The van der Waals surface area contributed by atoms with Crippen LogP contribution in [0.15, 0.2) is 36.4 Å². The van der Waals surface area contributed by atoms with Gasteiger partial charge in [-0.25, -0.2) is 0 Å². The van der Waals surface area contributed by atoms with Crippen LogP contribution in [0.4, 0.5) is 0 Å². The highest BCUT2D eigenvalue weighted by molar-refractivity contribution is 5.89. The maximum absolute atomic E-state index is 6.06. The molecule has 3 rings (SSSR count). The van der Waals surface area contributed by atoms with E-state index in [1.807, 2.05) is 7.05 Å². The number of likely N-dealkylation sites (N-methyl/N-ethyl adjacent to an activating group) is 1. The maximum Gasteiger partial charge on any atom is 0.0849 e. The topological polar surface area (TPSA) is 21.3 Å². The first-order valence-corrected chi connectivity index (χ1v) is 7.45. The molecule has 1 aliphatic rings. The van der Waals surface area contributed by atoms with Crippen molar-refractivity contribution in [2.24, 2.45) is 0 Å². The molecule has 2 heteroatoms. The summed E-state index contributed by atoms with van der Waals surface area (Å²) in [5, 5.41) is 6.16. The minimum absolute atomic E-state index is 0.104. The molecule has 0 amide bonds. The number of hydrogen-bond donors (Lipinski definition) is 1. The van der Waals surface area contributed by atoms with Crippen LogP contribution in [-0.2, 0) is 4.74 Å². The molecule has 2 nitrogen and oxygen atoms in total. The lowest BCUT2D eigenvalue weighted by molar-refractivity contribution is -0.0101. The summed E-state index contributed by atoms with van der Waals surface area (Å²) in [6.07, 6.45) is 2.26. The van der Waals surface area contributed by atoms with Crippen molar-refractivity contribution in [2.45, 2.75) is 38.3 Å². The summed E-state index contributed by atoms with van der Waals surface area (Å²) in [6.45, 7) is 5.28. The molecule has 2 unspecified atom stereocenters. The highest BCUT2D eigenvalue weighted by Crippen LogP contribution is 2.39. The number of hydrogen-bond acceptors (Lipinski definition) is 2. The fourth-order valence-corrected chi connectivity index (χ4v) is 3.54. The molecule has 1 heterocycles. The zero-order chi connectivity index (χ0) is 14.2. The van der Waals surface area contributed by atoms with Gasteiger partial charge in [-0.1, -0.05) is 36.4 Å². The van der Waals surface area contributed by atoms with E-state index >= 15 is 0 Å². The van der Waals surface area contributed by atoms with Gasteiger partial charge in [-0.3, -0.25) is 0 Å². The molecule has 2 aromatic rings. The first kappa shape index (κ1) is 13.6. The number of benzene rings is 2. The minimum atomic E-state index is -0.104. The van der Waals surface area contributed by atoms with Crippen LogP contribution in [0.5, 0.6) is 0 Å². The lowest BCUT2D eigenvalue weighted by Gasteiger charge is -2.34. The first-order chi connectivity index (χ1) is 9.65. The highest BCUT2D eigenvalue weighted by Gasteiger charge is 2.39. The predicted octanol–water partition coefficient (Wildman–Crippen LogP) is 3.98. The monoisotopic (exact) mass is 269 g/mol. The molecule has 0 aromatic heterocycles. The minimum Gasteiger partial charge on any atom is -0.373 e. The van der Waals surface area contributed by atoms with Crippen LogP contribution in [0.2, 0.25) is 0 Å². The molecule has 0 aliphatic carbocycles. The number of rotatable bonds is 3. The Morgan fingerprint density at radius 3 is 2.55 bits per heavy atom. The van der Waals surface area contributed by atoms with E-state index < -0.39 is 0 Å². The zero-order valence-corrected chi connectivity index (χ0v) is 12.6. The van der Waals surface area contributed by atoms with Crippen molar-refractivity contribution < 1.29 is 4.74 Å². The standard InChI is InChI=1S/C18H23NO/c1-13-9-10-16(15-8-5-4-7-14(13)15)17(19-3)18(2)11-6-12-20-18/h4-5,7-10,17,19H,6,11-12H2,1-3H3. The lowest BCUT2D eigenvalue weighted by atomic mass is 9.84. The molecule has 0 spiro atoms. The van der Waals surface area contributed by atoms with Crippen LogP contribution < -0.4 is 5.32 Å². The lowest BCUT2D eigenvalue weighted by Crippen LogP contribution is -2.39. The van der Waals surface area contributed by atoms with Gasteiger partial charge in [0.1, 0.15) is 0 Å². The third-order valence-electron chi connectivity index (χ3n) is 4.64. The zero-order valence-electron chi connectivity index (χ0n) is 12.6. The van der Waals surface area contributed by atoms with Crippen molar-refractivity contribution >= 4 is 10.8 Å². The molecular weight excluding hydrogens is 246 g/mol. The van der Waals surface area contributed by atoms with Gasteiger partial charge in [-0.15, -0.1) is 0 Å². The molecular formula is C18H23NO. The van der Waals surface area contributed by atoms with Crippen LogP contribution in [-0.4, -0.2) is 19.3 Å². The fourth-order valence-electron chi connectivity index (χ4n) is 3.54. The molecule has 20 heavy (non-hydrogen) atoms. The molecule has 0 bridgehead atoms. The van der Waals surface area contributed by atoms with Crippen LogP contribution in [0, 0.1) is 6.92 Å². The van der Waals surface area contributed by atoms with Crippen molar-refractivity contribution in [3.63, 3.8) is 0 Å². The molecule has 1 fully saturated rings. The Balaban J connectivity index is 2.15. The average Bonchev–Trinajstić information content (AvgIpc) is 2.90. The largest absolute Gasteiger partial charge is 0.373 e. The van der Waals surface area contributed by atoms with Crippen molar-refractivity contribution in [2.75, 3.05) is 13.7 Å². The van der Waals surface area contributed by atoms with E-state index in [-0.39, 0.29) is 11.6 Å². The second-order valence-electron chi connectivity index (χ2n) is 6.00. The van der Waals surface area contributed by atoms with Crippen molar-refractivity contribution in [3.8, 4) is 0 Å². The van der Waals surface area contributed by atoms with Gasteiger partial charge in [0.2, 0.25) is 0 Å². The summed E-state index contributed by atoms with van der Waals surface area (Å²) in [6, 6.07) is 13.4. The number of fused-ring (bicyclic) bond motifs is 1. The second-order valence-corrected chi connectivity index (χ2v) is 6.00. The summed E-state index contributed by atoms with van der Waals surface area (Å²) in [5.74, 6) is 0. The first-order valence-electron chi connectivity index (χ1n) is 7.45. The molecule has 2 atom stereocenters. The normalized spacial score (nSPS) is 24.1. The number of aryl methyl sites for hydroxylation is 1. The number of ether oxygens (including phenoxy) is 1. The summed E-state index contributed by atoms with van der Waals surface area (Å²) in [4.78, 5) is 0. The van der Waals surface area contributed by atoms with Gasteiger partial charge < -0.3 is 10.1 Å². The summed E-state index contributed by atoms with van der Waals surface area (Å²) in [7, 11) is 2.03. The van der Waals surface area contributed by atoms with E-state index in [9.17, 15) is 0 Å². The molecule has 1 saturated heterocycles. The second kappa shape index (κ2) is 5.19. The van der Waals surface area contributed by atoms with E-state index in [1.165, 1.54) is 21.9 Å². The van der Waals surface area contributed by atoms with Crippen LogP contribution in [0.3, 0.4) is 0 Å². The smallest absolute Gasteiger partial charge is 0.0849 e. The third-order valence-corrected chi connectivity index (χ3v) is 4.64. The summed E-state index contributed by atoms with van der Waals surface area (Å²) in [5.41, 5.74) is 2.57. The Hall–Kier alpha value is -1.38. The Labute approximate surface area is 121 Å². The SMILES string of the molecule is CNC(c1ccc(C)c2ccccc12)C1(C)CCCO1. The molecule has 0 radical (unpaired) electrons. The Kier molecular flexibility index (Phi) is 3.53. The van der Waals surface area contributed by atoms with Crippen molar-refractivity contribution in [1.82, 2.24) is 5.32 Å². The van der Waals surface area contributed by atoms with Gasteiger partial charge in [0.05, 0.1) is 11.6 Å². The van der Waals surface area contributed by atoms with E-state index in [1.54, 1.807) is 0 Å². The maximum atomic E-state index is 6.06. The van der Waals surface area contributed by atoms with Gasteiger partial charge >= 0.3 is 0 Å². The highest BCUT2D eigenvalue weighted by atomic mass is 16.5. The van der Waals surface area contributed by atoms with E-state index in [2.05, 4.69) is 55.6 Å². The van der Waals surface area contributed by atoms with Gasteiger partial charge in [0, 0.05) is 6.61 Å². The third kappa shape index (κ3) is 2.13. The van der Waals surface area contributed by atoms with Gasteiger partial charge in [0.25, 0.3) is 0 Å². The Morgan fingerprint density at radius 1 is 1.15 bits per heavy atom. The van der Waals surface area contributed by atoms with E-state index in [0.29, 0.717) is 0 Å². The molecule has 1 aliphatic heterocycles. The van der Waals surface area contributed by atoms with E-state index in [4.69, 9.17) is 4.74 Å². The average molecular weight is 269 g/mol. The fraction of sp³-hybridized carbons (Fsp3) is 0.444.